The van der Waals surface area contributed by atoms with Crippen molar-refractivity contribution in [2.24, 2.45) is 11.1 Å². The van der Waals surface area contributed by atoms with Crippen LogP contribution in [0.25, 0.3) is 0 Å². The quantitative estimate of drug-likeness (QED) is 0.703. The summed E-state index contributed by atoms with van der Waals surface area (Å²) in [4.78, 5) is 14.0. The summed E-state index contributed by atoms with van der Waals surface area (Å²) in [5, 5.41) is 0. The van der Waals surface area contributed by atoms with Crippen molar-refractivity contribution in [3.05, 3.63) is 0 Å². The Labute approximate surface area is 113 Å². The number of sulfonamides is 1. The third kappa shape index (κ3) is 3.18. The number of nitrogens with zero attached hydrogens (tertiary/aromatic N) is 2. The topological polar surface area (TPSA) is 83.7 Å². The molecule has 1 heterocycles. The van der Waals surface area contributed by atoms with E-state index in [1.165, 1.54) is 10.6 Å². The highest BCUT2D eigenvalue weighted by atomic mass is 32.2. The monoisotopic (exact) mass is 293 g/mol. The van der Waals surface area contributed by atoms with Gasteiger partial charge in [0.25, 0.3) is 0 Å². The van der Waals surface area contributed by atoms with Crippen molar-refractivity contribution in [1.29, 1.82) is 0 Å². The molecular formula is C10H19N3O3S2. The van der Waals surface area contributed by atoms with Crippen molar-refractivity contribution >= 4 is 33.1 Å². The Morgan fingerprint density at radius 2 is 1.67 bits per heavy atom. The fourth-order valence-electron chi connectivity index (χ4n) is 1.72. The van der Waals surface area contributed by atoms with Crippen molar-refractivity contribution in [2.45, 2.75) is 13.8 Å². The van der Waals surface area contributed by atoms with E-state index in [1.807, 2.05) is 0 Å². The van der Waals surface area contributed by atoms with Gasteiger partial charge in [0.05, 0.1) is 16.7 Å². The summed E-state index contributed by atoms with van der Waals surface area (Å²) in [7, 11) is -3.18. The van der Waals surface area contributed by atoms with Crippen LogP contribution in [0.1, 0.15) is 13.8 Å². The lowest BCUT2D eigenvalue weighted by Crippen LogP contribution is -2.55. The Balaban J connectivity index is 2.70. The molecule has 18 heavy (non-hydrogen) atoms. The van der Waals surface area contributed by atoms with Crippen LogP contribution >= 0.6 is 12.2 Å². The van der Waals surface area contributed by atoms with Gasteiger partial charge < -0.3 is 10.6 Å². The van der Waals surface area contributed by atoms with Crippen LogP contribution in [0.2, 0.25) is 0 Å². The maximum absolute atomic E-state index is 12.2. The molecule has 0 spiro atoms. The second-order valence-electron chi connectivity index (χ2n) is 4.94. The summed E-state index contributed by atoms with van der Waals surface area (Å²) < 4.78 is 24.1. The molecule has 0 atom stereocenters. The Morgan fingerprint density at radius 1 is 1.22 bits per heavy atom. The number of carbonyl (C=O) groups excluding carboxylic acids is 1. The SMILES string of the molecule is CC(C)(C(=O)N1CCN(S(C)(=O)=O)CC1)C(N)=S. The molecule has 104 valence electrons. The van der Waals surface area contributed by atoms with Crippen LogP contribution < -0.4 is 5.73 Å². The summed E-state index contributed by atoms with van der Waals surface area (Å²) in [5.74, 6) is -0.150. The van der Waals surface area contributed by atoms with E-state index >= 15 is 0 Å². The van der Waals surface area contributed by atoms with Gasteiger partial charge in [-0.1, -0.05) is 12.2 Å². The number of rotatable bonds is 3. The van der Waals surface area contributed by atoms with Gasteiger partial charge in [-0.2, -0.15) is 4.31 Å². The Kier molecular flexibility index (Phi) is 4.34. The van der Waals surface area contributed by atoms with Crippen molar-refractivity contribution in [3.63, 3.8) is 0 Å². The molecule has 1 saturated heterocycles. The molecule has 0 unspecified atom stereocenters. The van der Waals surface area contributed by atoms with Gasteiger partial charge in [-0.15, -0.1) is 0 Å². The maximum atomic E-state index is 12.2. The number of amides is 1. The Hall–Kier alpha value is -0.730. The second-order valence-corrected chi connectivity index (χ2v) is 7.37. The zero-order valence-corrected chi connectivity index (χ0v) is 12.5. The number of hydrogen-bond acceptors (Lipinski definition) is 4. The zero-order valence-electron chi connectivity index (χ0n) is 10.8. The van der Waals surface area contributed by atoms with Crippen molar-refractivity contribution < 1.29 is 13.2 Å². The molecule has 6 nitrogen and oxygen atoms in total. The van der Waals surface area contributed by atoms with Gasteiger partial charge in [0.1, 0.15) is 0 Å². The smallest absolute Gasteiger partial charge is 0.235 e. The van der Waals surface area contributed by atoms with E-state index in [2.05, 4.69) is 0 Å². The maximum Gasteiger partial charge on any atom is 0.235 e. The molecule has 1 fully saturated rings. The summed E-state index contributed by atoms with van der Waals surface area (Å²) in [5.41, 5.74) is 4.67. The average molecular weight is 293 g/mol. The largest absolute Gasteiger partial charge is 0.392 e. The Morgan fingerprint density at radius 3 is 2.00 bits per heavy atom. The van der Waals surface area contributed by atoms with Gasteiger partial charge >= 0.3 is 0 Å². The molecule has 0 bridgehead atoms. The van der Waals surface area contributed by atoms with Crippen molar-refractivity contribution in [2.75, 3.05) is 32.4 Å². The average Bonchev–Trinajstić information content (AvgIpc) is 2.26. The molecule has 1 aliphatic heterocycles. The number of thiocarbonyl (C=S) groups is 1. The number of nitrogens with two attached hydrogens (primary N) is 1. The van der Waals surface area contributed by atoms with Crippen LogP contribution in [0, 0.1) is 5.41 Å². The van der Waals surface area contributed by atoms with Gasteiger partial charge in [-0.25, -0.2) is 8.42 Å². The van der Waals surface area contributed by atoms with E-state index in [0.29, 0.717) is 26.2 Å². The molecular weight excluding hydrogens is 274 g/mol. The fraction of sp³-hybridized carbons (Fsp3) is 0.800. The van der Waals surface area contributed by atoms with Crippen LogP contribution in [-0.2, 0) is 14.8 Å². The normalized spacial score (nSPS) is 18.7. The van der Waals surface area contributed by atoms with Crippen LogP contribution in [0.3, 0.4) is 0 Å². The molecule has 1 amide bonds. The van der Waals surface area contributed by atoms with E-state index in [-0.39, 0.29) is 10.9 Å². The van der Waals surface area contributed by atoms with Gasteiger partial charge in [0.15, 0.2) is 0 Å². The highest BCUT2D eigenvalue weighted by molar-refractivity contribution is 7.88. The third-order valence-corrected chi connectivity index (χ3v) is 4.96. The molecule has 0 saturated carbocycles. The molecule has 0 aromatic carbocycles. The molecule has 0 radical (unpaired) electrons. The van der Waals surface area contributed by atoms with E-state index in [4.69, 9.17) is 18.0 Å². The molecule has 1 aliphatic rings. The predicted molar refractivity (Wildman–Crippen MR) is 73.6 cm³/mol. The lowest BCUT2D eigenvalue weighted by Gasteiger charge is -2.37. The van der Waals surface area contributed by atoms with E-state index in [0.717, 1.165) is 0 Å². The van der Waals surface area contributed by atoms with Gasteiger partial charge in [0, 0.05) is 26.2 Å². The summed E-state index contributed by atoms with van der Waals surface area (Å²) in [6.45, 7) is 4.74. The predicted octanol–water partition coefficient (Wildman–Crippen LogP) is -0.597. The summed E-state index contributed by atoms with van der Waals surface area (Å²) >= 11 is 4.88. The van der Waals surface area contributed by atoms with Gasteiger partial charge in [-0.05, 0) is 13.8 Å². The van der Waals surface area contributed by atoms with Crippen molar-refractivity contribution in [3.8, 4) is 0 Å². The lowest BCUT2D eigenvalue weighted by atomic mass is 9.91. The van der Waals surface area contributed by atoms with Gasteiger partial charge in [-0.3, -0.25) is 4.79 Å². The number of piperazine rings is 1. The molecule has 2 N–H and O–H groups in total. The van der Waals surface area contributed by atoms with Crippen LogP contribution in [0.15, 0.2) is 0 Å². The summed E-state index contributed by atoms with van der Waals surface area (Å²) in [6.07, 6.45) is 1.17. The first-order valence-corrected chi connectivity index (χ1v) is 7.87. The molecule has 0 aliphatic carbocycles. The van der Waals surface area contributed by atoms with E-state index in [1.54, 1.807) is 18.7 Å². The zero-order chi connectivity index (χ0) is 14.1. The third-order valence-electron chi connectivity index (χ3n) is 3.15. The van der Waals surface area contributed by atoms with Crippen LogP contribution in [-0.4, -0.2) is 61.0 Å². The standard InChI is InChI=1S/C10H19N3O3S2/c1-10(2,8(11)17)9(14)12-4-6-13(7-5-12)18(3,15)16/h4-7H2,1-3H3,(H2,11,17). The molecule has 0 aromatic rings. The first-order valence-electron chi connectivity index (χ1n) is 5.61. The summed E-state index contributed by atoms with van der Waals surface area (Å²) in [6, 6.07) is 0. The highest BCUT2D eigenvalue weighted by Gasteiger charge is 2.36. The second kappa shape index (κ2) is 5.10. The Bertz CT molecular complexity index is 451. The minimum Gasteiger partial charge on any atom is -0.392 e. The van der Waals surface area contributed by atoms with Gasteiger partial charge in [0.2, 0.25) is 15.9 Å². The van der Waals surface area contributed by atoms with Crippen LogP contribution in [0.5, 0.6) is 0 Å². The molecule has 8 heteroatoms. The first-order chi connectivity index (χ1) is 8.06. The lowest BCUT2D eigenvalue weighted by molar-refractivity contribution is -0.138. The fourth-order valence-corrected chi connectivity index (χ4v) is 2.64. The number of hydrogen-bond donors (Lipinski definition) is 1. The first kappa shape index (κ1) is 15.3. The van der Waals surface area contributed by atoms with E-state index < -0.39 is 15.4 Å². The van der Waals surface area contributed by atoms with Crippen molar-refractivity contribution in [1.82, 2.24) is 9.21 Å². The minimum absolute atomic E-state index is 0.150. The molecule has 1 rings (SSSR count). The van der Waals surface area contributed by atoms with E-state index in [9.17, 15) is 13.2 Å². The number of carbonyl (C=O) groups is 1. The van der Waals surface area contributed by atoms with Crippen LogP contribution in [0.4, 0.5) is 0 Å². The highest BCUT2D eigenvalue weighted by Crippen LogP contribution is 2.20. The minimum atomic E-state index is -3.18. The molecule has 0 aromatic heterocycles.